The van der Waals surface area contributed by atoms with Gasteiger partial charge in [0.25, 0.3) is 0 Å². The molecule has 2 aromatic carbocycles. The van der Waals surface area contributed by atoms with Crippen molar-refractivity contribution >= 4 is 94.5 Å². The minimum atomic E-state index is -1.64. The minimum Gasteiger partial charge on any atom is -0.370 e. The lowest BCUT2D eigenvalue weighted by molar-refractivity contribution is -0.144. The number of nitrogens with zero attached hydrogens (tertiary/aromatic N) is 3. The molecule has 22 N–H and O–H groups in total. The smallest absolute Gasteiger partial charge is 0.245 e. The second-order valence-corrected chi connectivity index (χ2v) is 25.1. The topological polar surface area (TPSA) is 519 Å². The van der Waals surface area contributed by atoms with E-state index in [1.165, 1.54) is 21.6 Å². The van der Waals surface area contributed by atoms with Crippen molar-refractivity contribution in [2.75, 3.05) is 44.7 Å². The average Bonchev–Trinajstić information content (AvgIpc) is 1.74. The lowest BCUT2D eigenvalue weighted by atomic mass is 10.0. The highest BCUT2D eigenvalue weighted by molar-refractivity contribution is 7.98. The van der Waals surface area contributed by atoms with E-state index in [1.54, 1.807) is 60.7 Å². The molecule has 13 amide bonds. The molecule has 10 atom stereocenters. The molecule has 2 saturated heterocycles. The highest BCUT2D eigenvalue weighted by Gasteiger charge is 2.42. The molecule has 0 spiro atoms. The summed E-state index contributed by atoms with van der Waals surface area (Å²) in [5, 5.41) is 21.1. The fraction of sp³-hybridized carbons (Fsp3) is 0.587. The third-order valence-electron chi connectivity index (χ3n) is 16.0. The predicted octanol–water partition coefficient (Wildman–Crippen LogP) is -3.71. The SMILES string of the molecule is CSCC[C@H](NC(=O)[C@H](CC(C)C)NC(=O)CNC(=O)[C@@H](Cc1ccccc1)NC(=O)[C@@H](Cc1ccccc1)NC(=O)[C@@H](CCC(N)=O)NC(=O)[C@@H](CCC(N)=O)NC(=O)[C@@H]1CCCN1C(=O)[C@H](CCCCN)NC(=O)[C@@H]1CCCN1C(=O)[C@H](N)CCCN=C(N)N)C(N)=O. The molecule has 32 heteroatoms. The number of likely N-dealkylation sites (tertiary alicyclic amines) is 2. The van der Waals surface area contributed by atoms with Gasteiger partial charge < -0.3 is 92.5 Å². The standard InChI is InChI=1S/C63H98N18O13S/c1-37(2)33-45(57(89)74-41(53(68)85)27-32-95-3)73-52(84)36-72-54(86)46(34-38-15-6-4-7-16-38)78-58(90)47(35-39-17-8-5-9-18-39)79-56(88)42(23-25-50(66)82)75-55(87)43(24-26-51(67)83)76-59(91)49-22-14-31-81(49)62(94)44(20-10-11-28-64)77-60(92)48-21-13-30-80(48)61(93)40(65)19-12-29-71-63(69)70/h4-9,15-18,37,40-49H,10-14,19-36,64-65H2,1-3H3,(H2,66,82)(H2,67,83)(H2,68,85)(H,72,86)(H,73,84)(H,74,89)(H,75,87)(H,76,91)(H,77,92)(H,78,90)(H,79,88)(H4,69,70,71)/t40-,41+,42-,43-,44+,45+,46-,47-,48+,49+/m1/s1. The number of unbranched alkanes of at least 4 members (excludes halogenated alkanes) is 1. The van der Waals surface area contributed by atoms with Crippen LogP contribution in [0.25, 0.3) is 0 Å². The van der Waals surface area contributed by atoms with E-state index in [2.05, 4.69) is 47.5 Å². The molecule has 2 heterocycles. The van der Waals surface area contributed by atoms with E-state index in [9.17, 15) is 62.3 Å². The molecule has 0 saturated carbocycles. The van der Waals surface area contributed by atoms with Crippen LogP contribution < -0.4 is 82.7 Å². The van der Waals surface area contributed by atoms with Crippen molar-refractivity contribution in [1.29, 1.82) is 0 Å². The van der Waals surface area contributed by atoms with Crippen LogP contribution in [0.5, 0.6) is 0 Å². The number of aliphatic imine (C=N–C) groups is 1. The van der Waals surface area contributed by atoms with E-state index < -0.39 is 169 Å². The number of carbonyl (C=O) groups excluding carboxylic acids is 13. The van der Waals surface area contributed by atoms with Crippen LogP contribution in [0.15, 0.2) is 65.7 Å². The number of hydrogen-bond acceptors (Lipinski definition) is 17. The van der Waals surface area contributed by atoms with Crippen molar-refractivity contribution in [3.05, 3.63) is 71.8 Å². The number of carbonyl (C=O) groups is 13. The maximum absolute atomic E-state index is 14.7. The van der Waals surface area contributed by atoms with Crippen LogP contribution in [-0.2, 0) is 75.2 Å². The number of guanidine groups is 1. The summed E-state index contributed by atoms with van der Waals surface area (Å²) in [4.78, 5) is 185. The van der Waals surface area contributed by atoms with Crippen LogP contribution in [0, 0.1) is 5.92 Å². The first-order valence-electron chi connectivity index (χ1n) is 32.2. The molecule has 0 radical (unpaired) electrons. The molecule has 2 aliphatic heterocycles. The van der Waals surface area contributed by atoms with Crippen molar-refractivity contribution in [1.82, 2.24) is 52.3 Å². The summed E-state index contributed by atoms with van der Waals surface area (Å²) in [6.07, 6.45) is 3.12. The molecule has 2 aromatic rings. The number of rotatable bonds is 42. The van der Waals surface area contributed by atoms with E-state index in [1.807, 2.05) is 20.1 Å². The van der Waals surface area contributed by atoms with Gasteiger partial charge in [0.15, 0.2) is 5.96 Å². The number of hydrogen-bond donors (Lipinski definition) is 15. The minimum absolute atomic E-state index is 0.0736. The molecule has 31 nitrogen and oxygen atoms in total. The molecule has 0 bridgehead atoms. The zero-order valence-electron chi connectivity index (χ0n) is 54.5. The average molecular weight is 1350 g/mol. The Hall–Kier alpha value is -8.91. The molecule has 2 fully saturated rings. The lowest BCUT2D eigenvalue weighted by Gasteiger charge is -2.32. The van der Waals surface area contributed by atoms with Crippen LogP contribution in [0.3, 0.4) is 0 Å². The van der Waals surface area contributed by atoms with Crippen molar-refractivity contribution in [2.24, 2.45) is 51.0 Å². The van der Waals surface area contributed by atoms with Gasteiger partial charge in [0.2, 0.25) is 76.8 Å². The Labute approximate surface area is 558 Å². The normalized spacial score (nSPS) is 16.8. The number of amides is 13. The van der Waals surface area contributed by atoms with Crippen molar-refractivity contribution < 1.29 is 62.3 Å². The van der Waals surface area contributed by atoms with Crippen molar-refractivity contribution in [3.8, 4) is 0 Å². The van der Waals surface area contributed by atoms with Gasteiger partial charge in [-0.25, -0.2) is 0 Å². The van der Waals surface area contributed by atoms with Gasteiger partial charge in [0, 0.05) is 45.3 Å². The Bertz CT molecular complexity index is 2960. The van der Waals surface area contributed by atoms with Crippen molar-refractivity contribution in [3.63, 3.8) is 0 Å². The quantitative estimate of drug-likeness (QED) is 0.0173. The van der Waals surface area contributed by atoms with E-state index >= 15 is 0 Å². The maximum atomic E-state index is 14.7. The third kappa shape index (κ3) is 27.5. The molecule has 0 aromatic heterocycles. The van der Waals surface area contributed by atoms with Gasteiger partial charge in [0.1, 0.15) is 54.4 Å². The summed E-state index contributed by atoms with van der Waals surface area (Å²) in [6.45, 7) is 3.86. The molecule has 0 unspecified atom stereocenters. The van der Waals surface area contributed by atoms with E-state index in [4.69, 9.17) is 40.1 Å². The largest absolute Gasteiger partial charge is 0.370 e. The van der Waals surface area contributed by atoms with Crippen LogP contribution >= 0.6 is 11.8 Å². The van der Waals surface area contributed by atoms with Crippen molar-refractivity contribution in [2.45, 2.75) is 183 Å². The molecule has 4 rings (SSSR count). The summed E-state index contributed by atoms with van der Waals surface area (Å²) >= 11 is 1.45. The van der Waals surface area contributed by atoms with Gasteiger partial charge in [-0.2, -0.15) is 11.8 Å². The Morgan fingerprint density at radius 2 is 1.01 bits per heavy atom. The Balaban J connectivity index is 1.56. The monoisotopic (exact) mass is 1350 g/mol. The summed E-state index contributed by atoms with van der Waals surface area (Å²) in [7, 11) is 0. The first-order chi connectivity index (χ1) is 45.2. The fourth-order valence-corrected chi connectivity index (χ4v) is 11.5. The van der Waals surface area contributed by atoms with Gasteiger partial charge in [0.05, 0.1) is 12.6 Å². The zero-order chi connectivity index (χ0) is 70.1. The third-order valence-corrected chi connectivity index (χ3v) is 16.7. The second kappa shape index (κ2) is 41.0. The molecule has 95 heavy (non-hydrogen) atoms. The second-order valence-electron chi connectivity index (χ2n) is 24.1. The number of nitrogens with two attached hydrogens (primary N) is 7. The fourth-order valence-electron chi connectivity index (χ4n) is 11.0. The first kappa shape index (κ1) is 78.5. The van der Waals surface area contributed by atoms with Crippen LogP contribution in [-0.4, -0.2) is 198 Å². The Kier molecular flexibility index (Phi) is 33.9. The van der Waals surface area contributed by atoms with Crippen LogP contribution in [0.1, 0.15) is 121 Å². The van der Waals surface area contributed by atoms with Gasteiger partial charge >= 0.3 is 0 Å². The zero-order valence-corrected chi connectivity index (χ0v) is 55.3. The molecule has 524 valence electrons. The number of benzene rings is 2. The lowest BCUT2D eigenvalue weighted by Crippen LogP contribution is -2.60. The summed E-state index contributed by atoms with van der Waals surface area (Å²) in [5.74, 6) is -9.80. The van der Waals surface area contributed by atoms with Gasteiger partial charge in [-0.05, 0) is 119 Å². The number of thioether (sulfide) groups is 1. The van der Waals surface area contributed by atoms with Crippen LogP contribution in [0.2, 0.25) is 0 Å². The maximum Gasteiger partial charge on any atom is 0.245 e. The van der Waals surface area contributed by atoms with E-state index in [-0.39, 0.29) is 83.0 Å². The Morgan fingerprint density at radius 3 is 1.51 bits per heavy atom. The molecular weight excluding hydrogens is 1250 g/mol. The van der Waals surface area contributed by atoms with Gasteiger partial charge in [-0.1, -0.05) is 74.5 Å². The first-order valence-corrected chi connectivity index (χ1v) is 33.6. The summed E-state index contributed by atoms with van der Waals surface area (Å²) < 4.78 is 0. The number of nitrogens with one attached hydrogen (secondary N) is 8. The highest BCUT2D eigenvalue weighted by Crippen LogP contribution is 2.24. The predicted molar refractivity (Wildman–Crippen MR) is 356 cm³/mol. The van der Waals surface area contributed by atoms with Crippen LogP contribution in [0.4, 0.5) is 0 Å². The summed E-state index contributed by atoms with van der Waals surface area (Å²) in [6, 6.07) is 4.51. The molecule has 0 aliphatic carbocycles. The number of primary amides is 3. The van der Waals surface area contributed by atoms with E-state index in [0.717, 1.165) is 0 Å². The Morgan fingerprint density at radius 1 is 0.537 bits per heavy atom. The highest BCUT2D eigenvalue weighted by atomic mass is 32.2. The summed E-state index contributed by atoms with van der Waals surface area (Å²) in [5.41, 5.74) is 40.6. The van der Waals surface area contributed by atoms with E-state index in [0.29, 0.717) is 55.4 Å². The molecular formula is C63H98N18O13S. The van der Waals surface area contributed by atoms with Gasteiger partial charge in [-0.3, -0.25) is 67.3 Å². The molecule has 2 aliphatic rings. The van der Waals surface area contributed by atoms with Gasteiger partial charge in [-0.15, -0.1) is 0 Å².